The number of nitrogens with one attached hydrogen (secondary N) is 1. The van der Waals surface area contributed by atoms with Crippen LogP contribution in [0.3, 0.4) is 0 Å². The molecule has 0 radical (unpaired) electrons. The molecule has 0 amide bonds. The van der Waals surface area contributed by atoms with E-state index < -0.39 is 0 Å². The van der Waals surface area contributed by atoms with Gasteiger partial charge in [-0.15, -0.1) is 0 Å². The highest BCUT2D eigenvalue weighted by Gasteiger charge is 2.12. The molecular weight excluding hydrogens is 573 g/mol. The smallest absolute Gasteiger partial charge is 0.175 e. The molecule has 0 aliphatic heterocycles. The van der Waals surface area contributed by atoms with Crippen LogP contribution in [0.5, 0.6) is 11.5 Å². The number of halogens is 4. The maximum absolute atomic E-state index is 6.15. The predicted octanol–water partition coefficient (Wildman–Crippen LogP) is 7.83. The van der Waals surface area contributed by atoms with Crippen LogP contribution in [0, 0.1) is 0 Å². The van der Waals surface area contributed by atoms with Gasteiger partial charge < -0.3 is 14.8 Å². The Balaban J connectivity index is 1.71. The van der Waals surface area contributed by atoms with E-state index in [1.165, 1.54) is 0 Å². The van der Waals surface area contributed by atoms with Crippen molar-refractivity contribution >= 4 is 65.1 Å². The quantitative estimate of drug-likeness (QED) is 0.304. The van der Waals surface area contributed by atoms with Crippen LogP contribution in [0.2, 0.25) is 5.02 Å². The minimum absolute atomic E-state index is 0.456. The van der Waals surface area contributed by atoms with E-state index in [-0.39, 0.29) is 0 Å². The van der Waals surface area contributed by atoms with Gasteiger partial charge in [-0.2, -0.15) is 0 Å². The van der Waals surface area contributed by atoms with Crippen molar-refractivity contribution in [3.8, 4) is 11.5 Å². The van der Waals surface area contributed by atoms with E-state index in [2.05, 4.69) is 53.1 Å². The lowest BCUT2D eigenvalue weighted by Gasteiger charge is -2.15. The fourth-order valence-corrected chi connectivity index (χ4v) is 3.86. The third-order valence-corrected chi connectivity index (χ3v) is 6.35. The fraction of sp³-hybridized carbons (Fsp3) is 0.143. The maximum Gasteiger partial charge on any atom is 0.175 e. The van der Waals surface area contributed by atoms with Crippen LogP contribution in [0.1, 0.15) is 11.1 Å². The highest BCUT2D eigenvalue weighted by Crippen LogP contribution is 2.37. The van der Waals surface area contributed by atoms with Gasteiger partial charge in [0.05, 0.1) is 16.6 Å². The average Bonchev–Trinajstić information content (AvgIpc) is 2.69. The number of anilines is 1. The van der Waals surface area contributed by atoms with Crippen LogP contribution in [0.4, 0.5) is 5.69 Å². The highest BCUT2D eigenvalue weighted by atomic mass is 79.9. The largest absolute Gasteiger partial charge is 0.493 e. The second kappa shape index (κ2) is 10.0. The van der Waals surface area contributed by atoms with Crippen molar-refractivity contribution in [2.45, 2.75) is 13.2 Å². The molecule has 0 aliphatic carbocycles. The first kappa shape index (κ1) is 21.5. The summed E-state index contributed by atoms with van der Waals surface area (Å²) >= 11 is 16.6. The lowest BCUT2D eigenvalue weighted by atomic mass is 10.2. The molecule has 3 aromatic rings. The Kier molecular flexibility index (Phi) is 7.69. The van der Waals surface area contributed by atoms with Gasteiger partial charge in [0.1, 0.15) is 6.61 Å². The van der Waals surface area contributed by atoms with Gasteiger partial charge in [-0.25, -0.2) is 0 Å². The Morgan fingerprint density at radius 3 is 2.32 bits per heavy atom. The summed E-state index contributed by atoms with van der Waals surface area (Å²) in [5.41, 5.74) is 3.08. The monoisotopic (exact) mass is 587 g/mol. The van der Waals surface area contributed by atoms with Gasteiger partial charge in [0, 0.05) is 21.2 Å². The number of ether oxygens (including phenoxy) is 2. The van der Waals surface area contributed by atoms with Crippen molar-refractivity contribution in [3.05, 3.63) is 84.2 Å². The summed E-state index contributed by atoms with van der Waals surface area (Å²) in [5, 5.41) is 4.03. The first-order valence-corrected chi connectivity index (χ1v) is 11.1. The van der Waals surface area contributed by atoms with Gasteiger partial charge in [0.15, 0.2) is 11.5 Å². The van der Waals surface area contributed by atoms with Crippen LogP contribution in [-0.4, -0.2) is 7.11 Å². The second-order valence-electron chi connectivity index (χ2n) is 6.01. The average molecular weight is 591 g/mol. The Morgan fingerprint density at radius 1 is 0.893 bits per heavy atom. The molecule has 7 heteroatoms. The number of benzene rings is 3. The summed E-state index contributed by atoms with van der Waals surface area (Å²) in [6, 6.07) is 17.8. The molecule has 0 fully saturated rings. The molecule has 0 aliphatic rings. The summed E-state index contributed by atoms with van der Waals surface area (Å²) in [6.07, 6.45) is 0. The van der Waals surface area contributed by atoms with Crippen LogP contribution in [0.15, 0.2) is 68.0 Å². The van der Waals surface area contributed by atoms with Crippen LogP contribution < -0.4 is 14.8 Å². The third kappa shape index (κ3) is 5.66. The van der Waals surface area contributed by atoms with E-state index in [0.717, 1.165) is 30.2 Å². The van der Waals surface area contributed by atoms with Gasteiger partial charge >= 0.3 is 0 Å². The molecule has 0 heterocycles. The minimum atomic E-state index is 0.456. The zero-order valence-corrected chi connectivity index (χ0v) is 20.5. The first-order valence-electron chi connectivity index (χ1n) is 8.39. The second-order valence-corrected chi connectivity index (χ2v) is 9.04. The summed E-state index contributed by atoms with van der Waals surface area (Å²) in [7, 11) is 1.64. The number of hydrogen-bond acceptors (Lipinski definition) is 3. The van der Waals surface area contributed by atoms with Gasteiger partial charge in [0.25, 0.3) is 0 Å². The predicted molar refractivity (Wildman–Crippen MR) is 126 cm³/mol. The van der Waals surface area contributed by atoms with Crippen molar-refractivity contribution in [1.82, 2.24) is 0 Å². The molecule has 0 atom stereocenters. The third-order valence-electron chi connectivity index (χ3n) is 4.00. The molecule has 3 nitrogen and oxygen atoms in total. The standard InChI is InChI=1S/C21H17Br3ClNO2/c1-27-20-9-14(11-26-16-6-7-17(23)19(25)10-16)8-18(24)21(20)28-12-13-2-4-15(22)5-3-13/h2-10,26H,11-12H2,1H3. The minimum Gasteiger partial charge on any atom is -0.493 e. The molecule has 0 unspecified atom stereocenters. The van der Waals surface area contributed by atoms with E-state index in [1.807, 2.05) is 54.6 Å². The first-order chi connectivity index (χ1) is 13.5. The molecule has 3 aromatic carbocycles. The Labute approximate surface area is 194 Å². The van der Waals surface area contributed by atoms with Crippen LogP contribution in [0.25, 0.3) is 0 Å². The van der Waals surface area contributed by atoms with Crippen molar-refractivity contribution in [2.75, 3.05) is 12.4 Å². The molecule has 146 valence electrons. The van der Waals surface area contributed by atoms with Gasteiger partial charge in [-0.05, 0) is 85.5 Å². The molecule has 0 spiro atoms. The van der Waals surface area contributed by atoms with E-state index in [4.69, 9.17) is 21.1 Å². The number of rotatable bonds is 7. The fourth-order valence-electron chi connectivity index (χ4n) is 2.56. The zero-order valence-electron chi connectivity index (χ0n) is 14.9. The normalized spacial score (nSPS) is 10.6. The molecule has 3 rings (SSSR count). The highest BCUT2D eigenvalue weighted by molar-refractivity contribution is 9.11. The number of hydrogen-bond donors (Lipinski definition) is 1. The van der Waals surface area contributed by atoms with Crippen molar-refractivity contribution in [3.63, 3.8) is 0 Å². The topological polar surface area (TPSA) is 30.5 Å². The van der Waals surface area contributed by atoms with Crippen molar-refractivity contribution < 1.29 is 9.47 Å². The maximum atomic E-state index is 6.15. The summed E-state index contributed by atoms with van der Waals surface area (Å²) in [5.74, 6) is 1.36. The molecule has 0 saturated heterocycles. The summed E-state index contributed by atoms with van der Waals surface area (Å²) < 4.78 is 14.3. The molecule has 0 saturated carbocycles. The Hall–Kier alpha value is -1.21. The Morgan fingerprint density at radius 2 is 1.64 bits per heavy atom. The molecule has 0 aromatic heterocycles. The van der Waals surface area contributed by atoms with Crippen LogP contribution >= 0.6 is 59.4 Å². The van der Waals surface area contributed by atoms with Gasteiger partial charge in [-0.3, -0.25) is 0 Å². The van der Waals surface area contributed by atoms with Crippen molar-refractivity contribution in [2.24, 2.45) is 0 Å². The SMILES string of the molecule is COc1cc(CNc2ccc(Br)c(Cl)c2)cc(Br)c1OCc1ccc(Br)cc1. The lowest BCUT2D eigenvalue weighted by Crippen LogP contribution is -2.03. The summed E-state index contributed by atoms with van der Waals surface area (Å²) in [6.45, 7) is 1.08. The molecule has 28 heavy (non-hydrogen) atoms. The zero-order chi connectivity index (χ0) is 20.1. The van der Waals surface area contributed by atoms with Crippen LogP contribution in [-0.2, 0) is 13.2 Å². The molecule has 0 bridgehead atoms. The molecule has 1 N–H and O–H groups in total. The van der Waals surface area contributed by atoms with Gasteiger partial charge in [0.2, 0.25) is 0 Å². The van der Waals surface area contributed by atoms with Gasteiger partial charge in [-0.1, -0.05) is 39.7 Å². The van der Waals surface area contributed by atoms with E-state index >= 15 is 0 Å². The van der Waals surface area contributed by atoms with Crippen molar-refractivity contribution in [1.29, 1.82) is 0 Å². The van der Waals surface area contributed by atoms with E-state index in [1.54, 1.807) is 7.11 Å². The lowest BCUT2D eigenvalue weighted by molar-refractivity contribution is 0.282. The van der Waals surface area contributed by atoms with E-state index in [0.29, 0.717) is 29.7 Å². The van der Waals surface area contributed by atoms with E-state index in [9.17, 15) is 0 Å². The molecular formula is C21H17Br3ClNO2. The summed E-state index contributed by atoms with van der Waals surface area (Å²) in [4.78, 5) is 0. The Bertz CT molecular complexity index is 965. The number of methoxy groups -OCH3 is 1.